The molecule has 0 bridgehead atoms. The zero-order chi connectivity index (χ0) is 16.9. The molecule has 0 spiro atoms. The predicted octanol–water partition coefficient (Wildman–Crippen LogP) is 5.41. The summed E-state index contributed by atoms with van der Waals surface area (Å²) in [6.07, 6.45) is 0. The van der Waals surface area contributed by atoms with E-state index in [4.69, 9.17) is 9.47 Å². The summed E-state index contributed by atoms with van der Waals surface area (Å²) in [6.45, 7) is 2.56. The van der Waals surface area contributed by atoms with E-state index in [1.807, 2.05) is 36.4 Å². The largest absolute Gasteiger partial charge is 0.497 e. The Morgan fingerprint density at radius 3 is 2.29 bits per heavy atom. The van der Waals surface area contributed by atoms with Crippen LogP contribution in [0.3, 0.4) is 0 Å². The van der Waals surface area contributed by atoms with Gasteiger partial charge < -0.3 is 9.47 Å². The number of pyridine rings is 1. The van der Waals surface area contributed by atoms with Gasteiger partial charge in [-0.2, -0.15) is 0 Å². The second-order valence-corrected chi connectivity index (χ2v) is 6.33. The van der Waals surface area contributed by atoms with Crippen molar-refractivity contribution in [3.05, 3.63) is 76.4 Å². The van der Waals surface area contributed by atoms with Crippen LogP contribution in [0.5, 0.6) is 11.5 Å². The second-order valence-electron chi connectivity index (χ2n) is 5.51. The molecule has 0 N–H and O–H groups in total. The monoisotopic (exact) mass is 383 g/mol. The highest BCUT2D eigenvalue weighted by Crippen LogP contribution is 2.26. The average Bonchev–Trinajstić information content (AvgIpc) is 2.60. The molecule has 122 valence electrons. The van der Waals surface area contributed by atoms with Crippen LogP contribution in [0.2, 0.25) is 0 Å². The lowest BCUT2D eigenvalue weighted by Crippen LogP contribution is -1.97. The van der Waals surface area contributed by atoms with Crippen molar-refractivity contribution in [2.45, 2.75) is 13.5 Å². The van der Waals surface area contributed by atoms with Crippen LogP contribution in [0.15, 0.2) is 65.3 Å². The van der Waals surface area contributed by atoms with Crippen molar-refractivity contribution in [3.63, 3.8) is 0 Å². The van der Waals surface area contributed by atoms with Gasteiger partial charge in [0.1, 0.15) is 22.7 Å². The lowest BCUT2D eigenvalue weighted by atomic mass is 10.1. The molecule has 24 heavy (non-hydrogen) atoms. The molecule has 0 radical (unpaired) electrons. The fraction of sp³-hybridized carbons (Fsp3) is 0.150. The molecule has 0 fully saturated rings. The summed E-state index contributed by atoms with van der Waals surface area (Å²) in [7, 11) is 1.66. The summed E-state index contributed by atoms with van der Waals surface area (Å²) in [5.41, 5.74) is 4.26. The van der Waals surface area contributed by atoms with Crippen LogP contribution in [-0.2, 0) is 6.61 Å². The zero-order valence-corrected chi connectivity index (χ0v) is 15.2. The molecule has 3 nitrogen and oxygen atoms in total. The molecular formula is C20H18BrNO2. The molecule has 1 aromatic heterocycles. The lowest BCUT2D eigenvalue weighted by Gasteiger charge is -2.10. The minimum atomic E-state index is 0.494. The van der Waals surface area contributed by atoms with Gasteiger partial charge in [0.15, 0.2) is 0 Å². The molecule has 0 saturated heterocycles. The van der Waals surface area contributed by atoms with E-state index in [0.29, 0.717) is 6.61 Å². The molecule has 0 unspecified atom stereocenters. The van der Waals surface area contributed by atoms with Crippen molar-refractivity contribution in [2.24, 2.45) is 0 Å². The predicted molar refractivity (Wildman–Crippen MR) is 99.4 cm³/mol. The first-order valence-corrected chi connectivity index (χ1v) is 8.44. The minimum absolute atomic E-state index is 0.494. The molecule has 0 amide bonds. The van der Waals surface area contributed by atoms with Crippen LogP contribution >= 0.6 is 15.9 Å². The van der Waals surface area contributed by atoms with Crippen molar-refractivity contribution in [2.75, 3.05) is 7.11 Å². The Bertz CT molecular complexity index is 814. The Labute approximate surface area is 150 Å². The van der Waals surface area contributed by atoms with E-state index in [9.17, 15) is 0 Å². The molecule has 3 aromatic rings. The van der Waals surface area contributed by atoms with E-state index in [-0.39, 0.29) is 0 Å². The van der Waals surface area contributed by atoms with Gasteiger partial charge in [-0.15, -0.1) is 0 Å². The first-order chi connectivity index (χ1) is 11.6. The normalized spacial score (nSPS) is 10.5. The van der Waals surface area contributed by atoms with Crippen LogP contribution in [0.25, 0.3) is 11.3 Å². The van der Waals surface area contributed by atoms with E-state index in [1.165, 1.54) is 5.56 Å². The molecule has 0 aliphatic carbocycles. The van der Waals surface area contributed by atoms with Crippen molar-refractivity contribution in [1.29, 1.82) is 0 Å². The number of halogens is 1. The van der Waals surface area contributed by atoms with E-state index in [0.717, 1.165) is 32.9 Å². The quantitative estimate of drug-likeness (QED) is 0.552. The van der Waals surface area contributed by atoms with Crippen LogP contribution in [0.4, 0.5) is 0 Å². The first kappa shape index (κ1) is 16.5. The fourth-order valence-corrected chi connectivity index (χ4v) is 2.73. The Morgan fingerprint density at radius 1 is 0.917 bits per heavy atom. The van der Waals surface area contributed by atoms with Gasteiger partial charge in [0.25, 0.3) is 0 Å². The molecule has 1 heterocycles. The highest BCUT2D eigenvalue weighted by Gasteiger charge is 2.05. The molecular weight excluding hydrogens is 366 g/mol. The van der Waals surface area contributed by atoms with Gasteiger partial charge >= 0.3 is 0 Å². The summed E-state index contributed by atoms with van der Waals surface area (Å²) in [4.78, 5) is 4.53. The Balaban J connectivity index is 1.76. The highest BCUT2D eigenvalue weighted by atomic mass is 79.9. The van der Waals surface area contributed by atoms with Gasteiger partial charge in [-0.05, 0) is 40.5 Å². The smallest absolute Gasteiger partial charge is 0.124 e. The summed E-state index contributed by atoms with van der Waals surface area (Å²) >= 11 is 3.46. The molecule has 4 heteroatoms. The Hall–Kier alpha value is -2.33. The average molecular weight is 384 g/mol. The van der Waals surface area contributed by atoms with Crippen LogP contribution in [-0.4, -0.2) is 12.1 Å². The number of hydrogen-bond acceptors (Lipinski definition) is 3. The molecule has 0 aliphatic heterocycles. The summed E-state index contributed by atoms with van der Waals surface area (Å²) in [5, 5.41) is 0. The molecule has 3 rings (SSSR count). The van der Waals surface area contributed by atoms with Crippen molar-refractivity contribution in [1.82, 2.24) is 4.98 Å². The zero-order valence-electron chi connectivity index (χ0n) is 13.6. The minimum Gasteiger partial charge on any atom is -0.497 e. The number of hydrogen-bond donors (Lipinski definition) is 0. The van der Waals surface area contributed by atoms with E-state index in [1.54, 1.807) is 7.11 Å². The van der Waals surface area contributed by atoms with Gasteiger partial charge in [-0.3, -0.25) is 0 Å². The molecule has 2 aromatic carbocycles. The third-order valence-electron chi connectivity index (χ3n) is 3.68. The number of benzene rings is 2. The Kier molecular flexibility index (Phi) is 5.16. The van der Waals surface area contributed by atoms with E-state index >= 15 is 0 Å². The third kappa shape index (κ3) is 4.15. The van der Waals surface area contributed by atoms with Crippen molar-refractivity contribution < 1.29 is 9.47 Å². The summed E-state index contributed by atoms with van der Waals surface area (Å²) in [6, 6.07) is 20.0. The van der Waals surface area contributed by atoms with Crippen molar-refractivity contribution >= 4 is 15.9 Å². The van der Waals surface area contributed by atoms with E-state index in [2.05, 4.69) is 52.1 Å². The van der Waals surface area contributed by atoms with E-state index < -0.39 is 0 Å². The highest BCUT2D eigenvalue weighted by molar-refractivity contribution is 9.10. The Morgan fingerprint density at radius 2 is 1.62 bits per heavy atom. The molecule has 0 aliphatic rings. The maximum atomic E-state index is 5.92. The number of ether oxygens (including phenoxy) is 2. The topological polar surface area (TPSA) is 31.4 Å². The lowest BCUT2D eigenvalue weighted by molar-refractivity contribution is 0.305. The van der Waals surface area contributed by atoms with Gasteiger partial charge in [0.2, 0.25) is 0 Å². The van der Waals surface area contributed by atoms with Gasteiger partial charge in [0, 0.05) is 17.7 Å². The molecule has 0 saturated carbocycles. The van der Waals surface area contributed by atoms with Crippen LogP contribution < -0.4 is 9.47 Å². The van der Waals surface area contributed by atoms with Crippen LogP contribution in [0.1, 0.15) is 11.1 Å². The standard InChI is InChI=1S/C20H18BrNO2/c1-14-3-7-16(8-4-14)19-11-18(12-20(21)22-19)24-13-15-5-9-17(23-2)10-6-15/h3-12H,13H2,1-2H3. The third-order valence-corrected chi connectivity index (χ3v) is 4.09. The molecule has 0 atom stereocenters. The van der Waals surface area contributed by atoms with Crippen LogP contribution in [0, 0.1) is 6.92 Å². The summed E-state index contributed by atoms with van der Waals surface area (Å²) in [5.74, 6) is 1.62. The number of nitrogens with zero attached hydrogens (tertiary/aromatic N) is 1. The maximum Gasteiger partial charge on any atom is 0.124 e. The van der Waals surface area contributed by atoms with Gasteiger partial charge in [-0.25, -0.2) is 4.98 Å². The second kappa shape index (κ2) is 7.49. The number of methoxy groups -OCH3 is 1. The maximum absolute atomic E-state index is 5.92. The van der Waals surface area contributed by atoms with Gasteiger partial charge in [-0.1, -0.05) is 42.0 Å². The number of aromatic nitrogens is 1. The number of aryl methyl sites for hydroxylation is 1. The summed E-state index contributed by atoms with van der Waals surface area (Å²) < 4.78 is 11.8. The van der Waals surface area contributed by atoms with Crippen molar-refractivity contribution in [3.8, 4) is 22.8 Å². The fourth-order valence-electron chi connectivity index (χ4n) is 2.32. The first-order valence-electron chi connectivity index (χ1n) is 7.64. The number of rotatable bonds is 5. The van der Waals surface area contributed by atoms with Gasteiger partial charge in [0.05, 0.1) is 12.8 Å². The SMILES string of the molecule is COc1ccc(COc2cc(Br)nc(-c3ccc(C)cc3)c2)cc1.